The Morgan fingerprint density at radius 2 is 1.67 bits per heavy atom. The summed E-state index contributed by atoms with van der Waals surface area (Å²) in [5, 5.41) is 0. The van der Waals surface area contributed by atoms with Crippen LogP contribution in [0.25, 0.3) is 5.57 Å². The summed E-state index contributed by atoms with van der Waals surface area (Å²) >= 11 is 0. The van der Waals surface area contributed by atoms with Crippen molar-refractivity contribution < 1.29 is 0 Å². The van der Waals surface area contributed by atoms with Gasteiger partial charge in [0.15, 0.2) is 0 Å². The van der Waals surface area contributed by atoms with E-state index in [-0.39, 0.29) is 0 Å². The van der Waals surface area contributed by atoms with Crippen molar-refractivity contribution in [1.82, 2.24) is 0 Å². The van der Waals surface area contributed by atoms with E-state index in [0.29, 0.717) is 10.8 Å². The van der Waals surface area contributed by atoms with Gasteiger partial charge in [0.1, 0.15) is 0 Å². The van der Waals surface area contributed by atoms with E-state index < -0.39 is 0 Å². The highest BCUT2D eigenvalue weighted by Crippen LogP contribution is 2.72. The fourth-order valence-corrected chi connectivity index (χ4v) is 3.58. The third-order valence-electron chi connectivity index (χ3n) is 4.92. The van der Waals surface area contributed by atoms with Gasteiger partial charge in [-0.05, 0) is 29.4 Å². The Morgan fingerprint density at radius 3 is 2.13 bits per heavy atom. The van der Waals surface area contributed by atoms with E-state index in [1.165, 1.54) is 18.4 Å². The molecule has 1 fully saturated rings. The molecule has 1 aromatic rings. The fourth-order valence-electron chi connectivity index (χ4n) is 3.58. The monoisotopic (exact) mass is 198 g/mol. The van der Waals surface area contributed by atoms with Gasteiger partial charge in [-0.25, -0.2) is 0 Å². The van der Waals surface area contributed by atoms with Crippen LogP contribution in [-0.4, -0.2) is 0 Å². The second-order valence-corrected chi connectivity index (χ2v) is 5.68. The van der Waals surface area contributed by atoms with Crippen molar-refractivity contribution >= 4 is 5.57 Å². The van der Waals surface area contributed by atoms with Crippen LogP contribution in [0.4, 0.5) is 0 Å². The highest BCUT2D eigenvalue weighted by Gasteiger charge is 2.60. The lowest BCUT2D eigenvalue weighted by atomic mass is 9.52. The Hall–Kier alpha value is -1.04. The van der Waals surface area contributed by atoms with Gasteiger partial charge in [-0.1, -0.05) is 56.7 Å². The Labute approximate surface area is 92.0 Å². The molecule has 0 heteroatoms. The van der Waals surface area contributed by atoms with Crippen molar-refractivity contribution in [3.8, 4) is 0 Å². The van der Waals surface area contributed by atoms with Gasteiger partial charge >= 0.3 is 0 Å². The van der Waals surface area contributed by atoms with Crippen molar-refractivity contribution in [2.24, 2.45) is 10.8 Å². The minimum atomic E-state index is 0.434. The first kappa shape index (κ1) is 9.21. The molecule has 3 aliphatic rings. The van der Waals surface area contributed by atoms with E-state index in [1.807, 2.05) is 0 Å². The van der Waals surface area contributed by atoms with Gasteiger partial charge < -0.3 is 0 Å². The molecule has 0 unspecified atom stereocenters. The van der Waals surface area contributed by atoms with Crippen LogP contribution in [-0.2, 0) is 0 Å². The highest BCUT2D eigenvalue weighted by atomic mass is 14.6. The van der Waals surface area contributed by atoms with Gasteiger partial charge in [0.05, 0.1) is 0 Å². The summed E-state index contributed by atoms with van der Waals surface area (Å²) in [5.41, 5.74) is 5.68. The zero-order valence-corrected chi connectivity index (χ0v) is 9.80. The van der Waals surface area contributed by atoms with E-state index >= 15 is 0 Å². The Morgan fingerprint density at radius 1 is 1.00 bits per heavy atom. The highest BCUT2D eigenvalue weighted by molar-refractivity contribution is 5.84. The molecule has 1 aromatic carbocycles. The van der Waals surface area contributed by atoms with E-state index in [9.17, 15) is 0 Å². The predicted molar refractivity (Wildman–Crippen MR) is 64.5 cm³/mol. The molecular weight excluding hydrogens is 180 g/mol. The van der Waals surface area contributed by atoms with Crippen molar-refractivity contribution in [1.29, 1.82) is 0 Å². The van der Waals surface area contributed by atoms with Crippen LogP contribution >= 0.6 is 0 Å². The largest absolute Gasteiger partial charge is 0.0622 e. The second kappa shape index (κ2) is 2.55. The summed E-state index contributed by atoms with van der Waals surface area (Å²) < 4.78 is 0. The standard InChI is InChI=1S/C15H18/c1-14(2)12-9-10-15(14,3)13(12)11-7-5-4-6-8-11/h4-8H,9-10H2,1-3H3/t15-/m0/s1. The van der Waals surface area contributed by atoms with Gasteiger partial charge in [0, 0.05) is 5.41 Å². The van der Waals surface area contributed by atoms with Crippen molar-refractivity contribution in [2.75, 3.05) is 0 Å². The molecule has 2 bridgehead atoms. The zero-order chi connectivity index (χ0) is 10.7. The van der Waals surface area contributed by atoms with Gasteiger partial charge in [0.2, 0.25) is 0 Å². The van der Waals surface area contributed by atoms with Crippen LogP contribution in [0.2, 0.25) is 0 Å². The molecule has 0 aliphatic heterocycles. The summed E-state index contributed by atoms with van der Waals surface area (Å²) in [4.78, 5) is 0. The Balaban J connectivity index is 2.15. The molecule has 1 saturated carbocycles. The molecule has 0 amide bonds. The molecule has 0 saturated heterocycles. The Kier molecular flexibility index (Phi) is 1.57. The lowest BCUT2D eigenvalue weighted by molar-refractivity contribution is 0.207. The van der Waals surface area contributed by atoms with E-state index in [2.05, 4.69) is 51.1 Å². The number of hydrogen-bond acceptors (Lipinski definition) is 0. The molecule has 0 radical (unpaired) electrons. The van der Waals surface area contributed by atoms with Crippen LogP contribution in [0.1, 0.15) is 39.2 Å². The molecule has 4 rings (SSSR count). The van der Waals surface area contributed by atoms with Crippen molar-refractivity contribution in [3.05, 3.63) is 41.5 Å². The maximum absolute atomic E-state index is 2.44. The third kappa shape index (κ3) is 0.884. The molecule has 0 heterocycles. The van der Waals surface area contributed by atoms with E-state index in [1.54, 1.807) is 11.1 Å². The number of rotatable bonds is 1. The first-order valence-electron chi connectivity index (χ1n) is 5.87. The van der Waals surface area contributed by atoms with Crippen LogP contribution in [0.15, 0.2) is 35.9 Å². The molecule has 0 spiro atoms. The fraction of sp³-hybridized carbons (Fsp3) is 0.467. The summed E-state index contributed by atoms with van der Waals surface area (Å²) in [5.74, 6) is 0. The summed E-state index contributed by atoms with van der Waals surface area (Å²) in [7, 11) is 0. The lowest BCUT2D eigenvalue weighted by Crippen LogP contribution is -2.40. The number of hydrogen-bond donors (Lipinski definition) is 0. The summed E-state index contributed by atoms with van der Waals surface area (Å²) in [6.07, 6.45) is 2.66. The quantitative estimate of drug-likeness (QED) is 0.632. The van der Waals surface area contributed by atoms with Crippen molar-refractivity contribution in [2.45, 2.75) is 33.6 Å². The maximum Gasteiger partial charge on any atom is 0.00219 e. The SMILES string of the molecule is CC1(C)C2=C(c3ccccc3)[C@]1(C)CC2. The summed E-state index contributed by atoms with van der Waals surface area (Å²) in [6.45, 7) is 7.25. The van der Waals surface area contributed by atoms with Gasteiger partial charge in [-0.2, -0.15) is 0 Å². The van der Waals surface area contributed by atoms with Gasteiger partial charge in [-0.3, -0.25) is 0 Å². The average molecular weight is 198 g/mol. The molecule has 0 nitrogen and oxygen atoms in total. The second-order valence-electron chi connectivity index (χ2n) is 5.68. The molecule has 3 aliphatic carbocycles. The molecule has 15 heavy (non-hydrogen) atoms. The zero-order valence-electron chi connectivity index (χ0n) is 9.80. The minimum absolute atomic E-state index is 0.434. The average Bonchev–Trinajstić information content (AvgIpc) is 2.70. The normalized spacial score (nSPS) is 31.7. The first-order chi connectivity index (χ1) is 7.07. The number of benzene rings is 1. The molecule has 78 valence electrons. The number of allylic oxidation sites excluding steroid dienone is 2. The summed E-state index contributed by atoms with van der Waals surface area (Å²) in [6, 6.07) is 10.9. The topological polar surface area (TPSA) is 0 Å². The smallest absolute Gasteiger partial charge is 0.00219 e. The molecule has 0 aromatic heterocycles. The lowest BCUT2D eigenvalue weighted by Gasteiger charge is -2.51. The van der Waals surface area contributed by atoms with Gasteiger partial charge in [-0.15, -0.1) is 0 Å². The Bertz CT molecular complexity index is 436. The van der Waals surface area contributed by atoms with Crippen LogP contribution in [0, 0.1) is 10.8 Å². The van der Waals surface area contributed by atoms with E-state index in [4.69, 9.17) is 0 Å². The number of fused-ring (bicyclic) bond motifs is 1. The van der Waals surface area contributed by atoms with Crippen LogP contribution in [0.5, 0.6) is 0 Å². The minimum Gasteiger partial charge on any atom is -0.0622 e. The molecular formula is C15H18. The maximum atomic E-state index is 2.44. The molecule has 1 atom stereocenters. The predicted octanol–water partition coefficient (Wildman–Crippen LogP) is 4.28. The third-order valence-corrected chi connectivity index (χ3v) is 4.92. The molecule has 0 N–H and O–H groups in total. The van der Waals surface area contributed by atoms with Gasteiger partial charge in [0.25, 0.3) is 0 Å². The first-order valence-corrected chi connectivity index (χ1v) is 5.87. The van der Waals surface area contributed by atoms with Crippen LogP contribution < -0.4 is 0 Å². The van der Waals surface area contributed by atoms with E-state index in [0.717, 1.165) is 0 Å². The van der Waals surface area contributed by atoms with Crippen LogP contribution in [0.3, 0.4) is 0 Å². The van der Waals surface area contributed by atoms with Crippen molar-refractivity contribution in [3.63, 3.8) is 0 Å².